The Balaban J connectivity index is 1.41. The molecule has 3 aliphatic heterocycles. The van der Waals surface area contributed by atoms with Crippen LogP contribution in [0.2, 0.25) is 0 Å². The van der Waals surface area contributed by atoms with E-state index in [1.807, 2.05) is 6.07 Å². The fraction of sp³-hybridized carbons (Fsp3) is 0.500. The summed E-state index contributed by atoms with van der Waals surface area (Å²) < 4.78 is 25.8. The summed E-state index contributed by atoms with van der Waals surface area (Å²) in [6.07, 6.45) is 4.10. The van der Waals surface area contributed by atoms with Crippen molar-refractivity contribution in [2.24, 2.45) is 10.9 Å². The molecular formula is C22H21FN6O3. The summed E-state index contributed by atoms with van der Waals surface area (Å²) in [6, 6.07) is 3.33. The van der Waals surface area contributed by atoms with E-state index < -0.39 is 17.9 Å². The highest BCUT2D eigenvalue weighted by Crippen LogP contribution is 2.47. The summed E-state index contributed by atoms with van der Waals surface area (Å²) in [6.45, 7) is 3.00. The number of aliphatic imine (C=N–C) groups is 1. The molecule has 1 aromatic heterocycles. The van der Waals surface area contributed by atoms with Gasteiger partial charge in [0.05, 0.1) is 30.4 Å². The van der Waals surface area contributed by atoms with Crippen molar-refractivity contribution in [3.63, 3.8) is 0 Å². The molecule has 10 heteroatoms. The Kier molecular flexibility index (Phi) is 4.30. The number of benzene rings is 1. The lowest BCUT2D eigenvalue weighted by Gasteiger charge is -2.40. The highest BCUT2D eigenvalue weighted by atomic mass is 19.1. The minimum Gasteiger partial charge on any atom is -0.376 e. The molecule has 0 bridgehead atoms. The number of carbonyl (C=O) groups excluding carboxylic acids is 1. The van der Waals surface area contributed by atoms with Gasteiger partial charge in [-0.05, 0) is 37.3 Å². The summed E-state index contributed by atoms with van der Waals surface area (Å²) in [5, 5.41) is 13.8. The number of rotatable bonds is 4. The van der Waals surface area contributed by atoms with Gasteiger partial charge in [-0.2, -0.15) is 10.2 Å². The molecule has 1 aliphatic carbocycles. The van der Waals surface area contributed by atoms with Crippen molar-refractivity contribution in [2.45, 2.75) is 50.3 Å². The number of hydrogen-bond acceptors (Lipinski definition) is 8. The third-order valence-corrected chi connectivity index (χ3v) is 6.80. The smallest absolute Gasteiger partial charge is 0.254 e. The highest BCUT2D eigenvalue weighted by Gasteiger charge is 2.50. The molecule has 1 saturated heterocycles. The molecule has 4 aliphatic rings. The molecule has 4 heterocycles. The van der Waals surface area contributed by atoms with E-state index in [0.29, 0.717) is 29.9 Å². The normalized spacial score (nSPS) is 30.4. The van der Waals surface area contributed by atoms with Crippen LogP contribution in [-0.4, -0.2) is 47.7 Å². The van der Waals surface area contributed by atoms with Crippen LogP contribution in [0.1, 0.15) is 55.4 Å². The lowest BCUT2D eigenvalue weighted by atomic mass is 9.98. The van der Waals surface area contributed by atoms with E-state index >= 15 is 0 Å². The first-order valence-electron chi connectivity index (χ1n) is 10.9. The Morgan fingerprint density at radius 2 is 2.22 bits per heavy atom. The second kappa shape index (κ2) is 7.10. The Hall–Kier alpha value is -3.32. The molecule has 32 heavy (non-hydrogen) atoms. The van der Waals surface area contributed by atoms with E-state index in [4.69, 9.17) is 9.26 Å². The van der Waals surface area contributed by atoms with Crippen molar-refractivity contribution >= 4 is 23.6 Å². The number of anilines is 2. The van der Waals surface area contributed by atoms with Crippen molar-refractivity contribution in [3.05, 3.63) is 35.2 Å². The number of ether oxygens (including phenoxy) is 1. The van der Waals surface area contributed by atoms with Gasteiger partial charge in [-0.15, -0.1) is 0 Å². The standard InChI is InChI=1S/C22H21FN6O3/c1-11-7-13(11)20-26-21(32-27-20)17-19-22(30)28(9-12-3-2-6-31-12)18-14(8-24)15(23)4-5-16(18)29(19)10-25-17/h4-5,10-13,17,19H,2-3,6-7,9H2,1H3. The molecule has 2 fully saturated rings. The van der Waals surface area contributed by atoms with Crippen LogP contribution in [0.3, 0.4) is 0 Å². The summed E-state index contributed by atoms with van der Waals surface area (Å²) in [4.78, 5) is 26.0. The van der Waals surface area contributed by atoms with Crippen LogP contribution >= 0.6 is 0 Å². The van der Waals surface area contributed by atoms with Crippen LogP contribution < -0.4 is 9.80 Å². The van der Waals surface area contributed by atoms with Crippen LogP contribution in [-0.2, 0) is 9.53 Å². The first-order valence-corrected chi connectivity index (χ1v) is 10.9. The van der Waals surface area contributed by atoms with Gasteiger partial charge in [0.25, 0.3) is 11.8 Å². The molecule has 1 saturated carbocycles. The Bertz CT molecular complexity index is 1170. The maximum atomic E-state index is 14.5. The largest absolute Gasteiger partial charge is 0.376 e. The van der Waals surface area contributed by atoms with Crippen molar-refractivity contribution in [1.29, 1.82) is 5.26 Å². The molecule has 164 valence electrons. The number of nitriles is 1. The first kappa shape index (κ1) is 19.4. The van der Waals surface area contributed by atoms with Gasteiger partial charge in [0.15, 0.2) is 11.9 Å². The van der Waals surface area contributed by atoms with Gasteiger partial charge < -0.3 is 19.1 Å². The van der Waals surface area contributed by atoms with Gasteiger partial charge in [-0.1, -0.05) is 12.1 Å². The number of aromatic nitrogens is 2. The van der Waals surface area contributed by atoms with E-state index in [0.717, 1.165) is 19.3 Å². The van der Waals surface area contributed by atoms with Gasteiger partial charge in [-0.25, -0.2) is 4.39 Å². The zero-order valence-electron chi connectivity index (χ0n) is 17.4. The predicted octanol–water partition coefficient (Wildman–Crippen LogP) is 2.69. The van der Waals surface area contributed by atoms with Gasteiger partial charge in [0.1, 0.15) is 23.5 Å². The molecule has 0 N–H and O–H groups in total. The Morgan fingerprint density at radius 1 is 1.38 bits per heavy atom. The van der Waals surface area contributed by atoms with Gasteiger partial charge in [0.2, 0.25) is 0 Å². The summed E-state index contributed by atoms with van der Waals surface area (Å²) in [5.41, 5.74) is 0.647. The SMILES string of the molecule is CC1CC1c1noc(C2N=CN3c4ccc(F)c(C#N)c4N(CC4CCCO4)C(=O)C23)n1. The maximum absolute atomic E-state index is 14.5. The molecular weight excluding hydrogens is 415 g/mol. The Labute approximate surface area is 183 Å². The van der Waals surface area contributed by atoms with E-state index in [9.17, 15) is 14.4 Å². The molecule has 0 radical (unpaired) electrons. The fourth-order valence-corrected chi connectivity index (χ4v) is 4.90. The lowest BCUT2D eigenvalue weighted by molar-refractivity contribution is -0.120. The molecule has 5 atom stereocenters. The van der Waals surface area contributed by atoms with Crippen LogP contribution in [0.5, 0.6) is 0 Å². The Morgan fingerprint density at radius 3 is 2.94 bits per heavy atom. The van der Waals surface area contributed by atoms with Gasteiger partial charge >= 0.3 is 0 Å². The van der Waals surface area contributed by atoms with Crippen molar-refractivity contribution in [3.8, 4) is 6.07 Å². The summed E-state index contributed by atoms with van der Waals surface area (Å²) in [7, 11) is 0. The molecule has 1 aromatic carbocycles. The number of amides is 1. The molecule has 0 spiro atoms. The third kappa shape index (κ3) is 2.84. The van der Waals surface area contributed by atoms with Crippen LogP contribution in [0, 0.1) is 23.1 Å². The minimum absolute atomic E-state index is 0.160. The van der Waals surface area contributed by atoms with E-state index in [1.54, 1.807) is 11.0 Å². The number of carbonyl (C=O) groups is 1. The van der Waals surface area contributed by atoms with Crippen LogP contribution in [0.4, 0.5) is 15.8 Å². The number of halogens is 1. The molecule has 1 amide bonds. The number of nitrogens with zero attached hydrogens (tertiary/aromatic N) is 6. The van der Waals surface area contributed by atoms with E-state index in [2.05, 4.69) is 22.1 Å². The van der Waals surface area contributed by atoms with Crippen molar-refractivity contribution in [1.82, 2.24) is 10.1 Å². The molecule has 5 unspecified atom stereocenters. The van der Waals surface area contributed by atoms with Crippen molar-refractivity contribution < 1.29 is 18.4 Å². The molecule has 2 aromatic rings. The van der Waals surface area contributed by atoms with E-state index in [1.165, 1.54) is 17.3 Å². The molecule has 6 rings (SSSR count). The second-order valence-corrected chi connectivity index (χ2v) is 8.86. The zero-order valence-corrected chi connectivity index (χ0v) is 17.4. The third-order valence-electron chi connectivity index (χ3n) is 6.80. The predicted molar refractivity (Wildman–Crippen MR) is 111 cm³/mol. The maximum Gasteiger partial charge on any atom is 0.254 e. The van der Waals surface area contributed by atoms with Crippen LogP contribution in [0.25, 0.3) is 0 Å². The monoisotopic (exact) mass is 436 g/mol. The first-order chi connectivity index (χ1) is 15.6. The van der Waals surface area contributed by atoms with Gasteiger partial charge in [-0.3, -0.25) is 9.79 Å². The van der Waals surface area contributed by atoms with Crippen molar-refractivity contribution in [2.75, 3.05) is 23.0 Å². The quantitative estimate of drug-likeness (QED) is 0.725. The summed E-state index contributed by atoms with van der Waals surface area (Å²) in [5.74, 6) is 0.788. The fourth-order valence-electron chi connectivity index (χ4n) is 4.90. The zero-order chi connectivity index (χ0) is 22.0. The van der Waals surface area contributed by atoms with E-state index in [-0.39, 0.29) is 35.7 Å². The minimum atomic E-state index is -0.745. The number of fused-ring (bicyclic) bond motifs is 3. The van der Waals surface area contributed by atoms with Crippen LogP contribution in [0.15, 0.2) is 21.6 Å². The second-order valence-electron chi connectivity index (χ2n) is 8.86. The average molecular weight is 436 g/mol. The average Bonchev–Trinajstić information content (AvgIpc) is 3.26. The summed E-state index contributed by atoms with van der Waals surface area (Å²) >= 11 is 0. The lowest BCUT2D eigenvalue weighted by Crippen LogP contribution is -2.55. The number of hydrogen-bond donors (Lipinski definition) is 0. The molecule has 9 nitrogen and oxygen atoms in total. The van der Waals surface area contributed by atoms with Gasteiger partial charge in [0, 0.05) is 12.5 Å². The highest BCUT2D eigenvalue weighted by molar-refractivity contribution is 6.13. The topological polar surface area (TPSA) is 108 Å².